The van der Waals surface area contributed by atoms with Gasteiger partial charge in [0.1, 0.15) is 18.3 Å². The summed E-state index contributed by atoms with van der Waals surface area (Å²) in [6, 6.07) is 4.85. The molecular formula is C18H22N7O8P. The maximum absolute atomic E-state index is 13.1. The van der Waals surface area contributed by atoms with E-state index in [1.54, 1.807) is 0 Å². The summed E-state index contributed by atoms with van der Waals surface area (Å²) in [6.07, 6.45) is -1.64. The van der Waals surface area contributed by atoms with Crippen LogP contribution in [-0.2, 0) is 29.6 Å². The zero-order chi connectivity index (χ0) is 24.7. The van der Waals surface area contributed by atoms with Crippen LogP contribution in [0.3, 0.4) is 0 Å². The molecule has 1 aliphatic heterocycles. The normalized spacial score (nSPS) is 22.4. The van der Waals surface area contributed by atoms with Gasteiger partial charge in [-0.05, 0) is 0 Å². The molecule has 3 rings (SSSR count). The number of ether oxygens (including phenoxy) is 2. The van der Waals surface area contributed by atoms with Crippen LogP contribution in [0.2, 0.25) is 0 Å². The summed E-state index contributed by atoms with van der Waals surface area (Å²) in [6.45, 7) is -0.426. The van der Waals surface area contributed by atoms with Crippen molar-refractivity contribution in [3.8, 4) is 12.1 Å². The van der Waals surface area contributed by atoms with Crippen LogP contribution < -0.4 is 16.7 Å². The third-order valence-electron chi connectivity index (χ3n) is 4.83. The number of aromatic amines is 1. The molecule has 1 aliphatic rings. The first-order valence-electron chi connectivity index (χ1n) is 10.0. The minimum Gasteiger partial charge on any atom is -0.387 e. The molecule has 0 bridgehead atoms. The Hall–Kier alpha value is -3.17. The highest BCUT2D eigenvalue weighted by atomic mass is 31.2. The van der Waals surface area contributed by atoms with Gasteiger partial charge in [0.15, 0.2) is 11.7 Å². The van der Waals surface area contributed by atoms with E-state index < -0.39 is 43.4 Å². The molecule has 1 saturated heterocycles. The van der Waals surface area contributed by atoms with Crippen molar-refractivity contribution in [2.45, 2.75) is 43.9 Å². The smallest absolute Gasteiger partial charge is 0.383 e. The molecule has 2 aromatic heterocycles. The lowest BCUT2D eigenvalue weighted by atomic mass is 10.1. The Bertz CT molecular complexity index is 1200. The molecule has 0 aliphatic carbocycles. The molecule has 0 saturated carbocycles. The molecule has 15 nitrogen and oxygen atoms in total. The minimum absolute atomic E-state index is 0.0360. The molecule has 2 unspecified atom stereocenters. The number of rotatable bonds is 11. The molecule has 0 spiro atoms. The lowest BCUT2D eigenvalue weighted by Gasteiger charge is -2.19. The van der Waals surface area contributed by atoms with Gasteiger partial charge in [0.05, 0.1) is 50.9 Å². The highest BCUT2D eigenvalue weighted by Crippen LogP contribution is 2.46. The molecule has 4 atom stereocenters. The van der Waals surface area contributed by atoms with Gasteiger partial charge in [-0.25, -0.2) is 9.48 Å². The van der Waals surface area contributed by atoms with E-state index in [1.807, 2.05) is 12.1 Å². The van der Waals surface area contributed by atoms with E-state index >= 15 is 0 Å². The maximum atomic E-state index is 13.1. The maximum Gasteiger partial charge on any atom is 0.383 e. The van der Waals surface area contributed by atoms with Crippen LogP contribution in [-0.4, -0.2) is 68.3 Å². The predicted molar refractivity (Wildman–Crippen MR) is 112 cm³/mol. The van der Waals surface area contributed by atoms with Gasteiger partial charge in [0, 0.05) is 19.4 Å². The third kappa shape index (κ3) is 5.66. The van der Waals surface area contributed by atoms with E-state index in [0.717, 1.165) is 10.6 Å². The number of aliphatic hydroxyl groups excluding tert-OH is 1. The lowest BCUT2D eigenvalue weighted by Crippen LogP contribution is -2.38. The van der Waals surface area contributed by atoms with Crippen molar-refractivity contribution in [2.75, 3.05) is 20.3 Å². The average molecular weight is 495 g/mol. The van der Waals surface area contributed by atoms with Crippen LogP contribution in [0.5, 0.6) is 0 Å². The summed E-state index contributed by atoms with van der Waals surface area (Å²) in [7, 11) is -2.63. The summed E-state index contributed by atoms with van der Waals surface area (Å²) in [4.78, 5) is 25.6. The van der Waals surface area contributed by atoms with E-state index in [9.17, 15) is 19.3 Å². The Balaban J connectivity index is 1.78. The molecule has 182 valence electrons. The molecule has 16 heteroatoms. The van der Waals surface area contributed by atoms with Crippen LogP contribution in [0.1, 0.15) is 19.1 Å². The number of nitriles is 2. The second-order valence-electron chi connectivity index (χ2n) is 7.05. The molecule has 0 amide bonds. The molecular weight excluding hydrogens is 473 g/mol. The van der Waals surface area contributed by atoms with Crippen molar-refractivity contribution in [3.63, 3.8) is 0 Å². The fraction of sp³-hybridized carbons (Fsp3) is 0.556. The van der Waals surface area contributed by atoms with E-state index in [2.05, 4.69) is 15.3 Å². The standard InChI is InChI=1S/C18H22N7O8P/c1-30-16-15(27)12(33-17(16)25-7-4-13(26)21-18(25)28)10-24-11-14(22-23-24)34(29,31-8-2-5-19)32-9-3-6-20/h4,7,11-12,15-17,27H,2-3,8-10H2,1H3,(H,21,26,28)/t12-,15?,16?,17-/m1/s1. The lowest BCUT2D eigenvalue weighted by molar-refractivity contribution is -0.0566. The molecule has 2 N–H and O–H groups in total. The Kier molecular flexibility index (Phi) is 8.46. The van der Waals surface area contributed by atoms with Crippen molar-refractivity contribution in [3.05, 3.63) is 39.3 Å². The number of H-pyrrole nitrogens is 1. The highest BCUT2D eigenvalue weighted by Gasteiger charge is 2.46. The topological polar surface area (TPSA) is 207 Å². The monoisotopic (exact) mass is 495 g/mol. The van der Waals surface area contributed by atoms with Crippen molar-refractivity contribution in [1.82, 2.24) is 24.5 Å². The van der Waals surface area contributed by atoms with Gasteiger partial charge >= 0.3 is 13.3 Å². The Morgan fingerprint density at radius 3 is 2.53 bits per heavy atom. The fourth-order valence-electron chi connectivity index (χ4n) is 3.26. The number of aromatic nitrogens is 5. The van der Waals surface area contributed by atoms with E-state index in [-0.39, 0.29) is 38.0 Å². The Morgan fingerprint density at radius 2 is 1.94 bits per heavy atom. The van der Waals surface area contributed by atoms with Crippen LogP contribution in [0.25, 0.3) is 0 Å². The molecule has 2 aromatic rings. The number of aliphatic hydroxyl groups is 1. The van der Waals surface area contributed by atoms with Crippen LogP contribution in [0, 0.1) is 22.7 Å². The molecule has 0 aromatic carbocycles. The Labute approximate surface area is 192 Å². The molecule has 1 fully saturated rings. The number of nitrogens with one attached hydrogen (secondary N) is 1. The van der Waals surface area contributed by atoms with Gasteiger partial charge in [0.25, 0.3) is 5.56 Å². The van der Waals surface area contributed by atoms with Crippen molar-refractivity contribution in [2.24, 2.45) is 0 Å². The zero-order valence-corrected chi connectivity index (χ0v) is 18.9. The fourth-order valence-corrected chi connectivity index (χ4v) is 4.68. The molecule has 0 radical (unpaired) electrons. The number of nitrogens with zero attached hydrogens (tertiary/aromatic N) is 6. The summed E-state index contributed by atoms with van der Waals surface area (Å²) < 4.78 is 37.1. The summed E-state index contributed by atoms with van der Waals surface area (Å²) in [5.41, 5.74) is -1.47. The SMILES string of the molecule is COC1C(O)[C@@H](Cn2cc(P(=O)(OCCC#N)OCCC#N)nn2)O[C@H]1n1ccc(=O)[nH]c1=O. The quantitative estimate of drug-likeness (QED) is 0.278. The van der Waals surface area contributed by atoms with Gasteiger partial charge in [-0.3, -0.25) is 18.9 Å². The van der Waals surface area contributed by atoms with Gasteiger partial charge in [-0.1, -0.05) is 5.21 Å². The third-order valence-corrected chi connectivity index (χ3v) is 6.65. The van der Waals surface area contributed by atoms with E-state index in [4.69, 9.17) is 29.0 Å². The summed E-state index contributed by atoms with van der Waals surface area (Å²) in [5.74, 6) is 0. The van der Waals surface area contributed by atoms with Crippen molar-refractivity contribution < 1.29 is 28.2 Å². The van der Waals surface area contributed by atoms with Crippen LogP contribution in [0.15, 0.2) is 28.0 Å². The first kappa shape index (κ1) is 25.5. The number of methoxy groups -OCH3 is 1. The van der Waals surface area contributed by atoms with Gasteiger partial charge in [0.2, 0.25) is 0 Å². The van der Waals surface area contributed by atoms with Gasteiger partial charge < -0.3 is 23.6 Å². The zero-order valence-electron chi connectivity index (χ0n) is 18.0. The Morgan fingerprint density at radius 1 is 1.26 bits per heavy atom. The number of hydrogen-bond acceptors (Lipinski definition) is 12. The largest absolute Gasteiger partial charge is 0.387 e. The average Bonchev–Trinajstić information content (AvgIpc) is 3.39. The first-order chi connectivity index (χ1) is 16.3. The van der Waals surface area contributed by atoms with Crippen LogP contribution in [0.4, 0.5) is 0 Å². The summed E-state index contributed by atoms with van der Waals surface area (Å²) in [5, 5.41) is 35.8. The number of hydrogen-bond donors (Lipinski definition) is 2. The van der Waals surface area contributed by atoms with Gasteiger partial charge in [-0.2, -0.15) is 10.5 Å². The van der Waals surface area contributed by atoms with Gasteiger partial charge in [-0.15, -0.1) is 5.10 Å². The predicted octanol–water partition coefficient (Wildman–Crippen LogP) is -1.22. The van der Waals surface area contributed by atoms with E-state index in [0.29, 0.717) is 0 Å². The second kappa shape index (κ2) is 11.3. The first-order valence-corrected chi connectivity index (χ1v) is 11.6. The minimum atomic E-state index is -3.96. The van der Waals surface area contributed by atoms with Crippen molar-refractivity contribution >= 4 is 13.0 Å². The van der Waals surface area contributed by atoms with Crippen molar-refractivity contribution in [1.29, 1.82) is 10.5 Å². The van der Waals surface area contributed by atoms with Crippen LogP contribution >= 0.6 is 7.60 Å². The second-order valence-corrected chi connectivity index (χ2v) is 9.02. The van der Waals surface area contributed by atoms with E-state index in [1.165, 1.54) is 24.2 Å². The molecule has 34 heavy (non-hydrogen) atoms. The molecule has 3 heterocycles. The highest BCUT2D eigenvalue weighted by molar-refractivity contribution is 7.61. The summed E-state index contributed by atoms with van der Waals surface area (Å²) >= 11 is 0.